The van der Waals surface area contributed by atoms with E-state index in [0.29, 0.717) is 11.7 Å². The summed E-state index contributed by atoms with van der Waals surface area (Å²) in [5.74, 6) is 1.81. The summed E-state index contributed by atoms with van der Waals surface area (Å²) in [6.07, 6.45) is 5.71. The number of rotatable bonds is 5. The molecule has 0 aliphatic carbocycles. The molecule has 2 aliphatic heterocycles. The van der Waals surface area contributed by atoms with E-state index in [4.69, 9.17) is 9.84 Å². The number of ether oxygens (including phenoxy) is 1. The van der Waals surface area contributed by atoms with Crippen LogP contribution in [0.5, 0.6) is 0 Å². The molecule has 2 aliphatic rings. The SMILES string of the molecule is OCc1cnc2ccc(N3CCC[C@@H](Nc4cc(N5CCOCC5)ccn4)C3)nn12. The Balaban J connectivity index is 1.29. The van der Waals surface area contributed by atoms with Gasteiger partial charge >= 0.3 is 0 Å². The fraction of sp³-hybridized carbons (Fsp3) is 0.476. The number of nitrogens with one attached hydrogen (secondary N) is 1. The average molecular weight is 409 g/mol. The molecule has 0 amide bonds. The fourth-order valence-corrected chi connectivity index (χ4v) is 4.22. The molecule has 2 saturated heterocycles. The van der Waals surface area contributed by atoms with Crippen LogP contribution in [0.15, 0.2) is 36.7 Å². The summed E-state index contributed by atoms with van der Waals surface area (Å²) in [6.45, 7) is 5.11. The van der Waals surface area contributed by atoms with Gasteiger partial charge < -0.3 is 25.0 Å². The summed E-state index contributed by atoms with van der Waals surface area (Å²) in [4.78, 5) is 13.4. The second-order valence-corrected chi connectivity index (χ2v) is 7.80. The van der Waals surface area contributed by atoms with Gasteiger partial charge in [0.2, 0.25) is 0 Å². The number of nitrogens with zero attached hydrogens (tertiary/aromatic N) is 6. The zero-order valence-electron chi connectivity index (χ0n) is 16.9. The summed E-state index contributed by atoms with van der Waals surface area (Å²) in [6, 6.07) is 8.44. The lowest BCUT2D eigenvalue weighted by molar-refractivity contribution is 0.122. The first kappa shape index (κ1) is 19.1. The molecule has 0 aromatic carbocycles. The van der Waals surface area contributed by atoms with Gasteiger partial charge in [-0.15, -0.1) is 5.10 Å². The lowest BCUT2D eigenvalue weighted by Gasteiger charge is -2.34. The van der Waals surface area contributed by atoms with E-state index in [0.717, 1.165) is 69.5 Å². The van der Waals surface area contributed by atoms with Crippen molar-refractivity contribution in [2.45, 2.75) is 25.5 Å². The number of imidazole rings is 1. The highest BCUT2D eigenvalue weighted by Crippen LogP contribution is 2.23. The minimum atomic E-state index is -0.0764. The van der Waals surface area contributed by atoms with Crippen molar-refractivity contribution in [3.8, 4) is 0 Å². The first-order chi connectivity index (χ1) is 14.8. The van der Waals surface area contributed by atoms with Crippen LogP contribution in [0.4, 0.5) is 17.3 Å². The highest BCUT2D eigenvalue weighted by atomic mass is 16.5. The molecule has 2 N–H and O–H groups in total. The Hall–Kier alpha value is -2.91. The summed E-state index contributed by atoms with van der Waals surface area (Å²) in [7, 11) is 0. The fourth-order valence-electron chi connectivity index (χ4n) is 4.22. The van der Waals surface area contributed by atoms with Crippen LogP contribution in [0.3, 0.4) is 0 Å². The van der Waals surface area contributed by atoms with Gasteiger partial charge in [-0.05, 0) is 31.0 Å². The number of hydrogen-bond donors (Lipinski definition) is 2. The third-order valence-corrected chi connectivity index (χ3v) is 5.80. The molecule has 0 bridgehead atoms. The van der Waals surface area contributed by atoms with Gasteiger partial charge in [0.15, 0.2) is 5.65 Å². The van der Waals surface area contributed by atoms with E-state index in [9.17, 15) is 5.11 Å². The van der Waals surface area contributed by atoms with Crippen LogP contribution < -0.4 is 15.1 Å². The first-order valence-electron chi connectivity index (χ1n) is 10.5. The van der Waals surface area contributed by atoms with Gasteiger partial charge in [-0.2, -0.15) is 0 Å². The number of aromatic nitrogens is 4. The maximum Gasteiger partial charge on any atom is 0.154 e. The number of fused-ring (bicyclic) bond motifs is 1. The number of pyridine rings is 1. The molecule has 3 aromatic rings. The lowest BCUT2D eigenvalue weighted by Crippen LogP contribution is -2.43. The molecule has 0 unspecified atom stereocenters. The Kier molecular flexibility index (Phi) is 5.37. The second-order valence-electron chi connectivity index (χ2n) is 7.80. The molecule has 1 atom stereocenters. The smallest absolute Gasteiger partial charge is 0.154 e. The van der Waals surface area contributed by atoms with Crippen LogP contribution in [-0.4, -0.2) is 70.1 Å². The van der Waals surface area contributed by atoms with E-state index in [2.05, 4.69) is 37.2 Å². The number of aliphatic hydroxyl groups is 1. The normalized spacial score (nSPS) is 20.0. The second kappa shape index (κ2) is 8.45. The van der Waals surface area contributed by atoms with Crippen molar-refractivity contribution < 1.29 is 9.84 Å². The number of morpholine rings is 1. The van der Waals surface area contributed by atoms with E-state index in [1.807, 2.05) is 18.3 Å². The minimum Gasteiger partial charge on any atom is -0.390 e. The maximum absolute atomic E-state index is 9.51. The molecule has 5 rings (SSSR count). The van der Waals surface area contributed by atoms with Crippen molar-refractivity contribution >= 4 is 23.0 Å². The zero-order chi connectivity index (χ0) is 20.3. The molecular formula is C21H27N7O2. The molecule has 9 heteroatoms. The number of aliphatic hydroxyl groups excluding tert-OH is 1. The van der Waals surface area contributed by atoms with Gasteiger partial charge in [-0.3, -0.25) is 0 Å². The van der Waals surface area contributed by atoms with E-state index in [-0.39, 0.29) is 6.61 Å². The van der Waals surface area contributed by atoms with Crippen molar-refractivity contribution in [3.05, 3.63) is 42.4 Å². The van der Waals surface area contributed by atoms with Crippen molar-refractivity contribution in [1.29, 1.82) is 0 Å². The molecule has 2 fully saturated rings. The van der Waals surface area contributed by atoms with Crippen molar-refractivity contribution in [1.82, 2.24) is 19.6 Å². The largest absolute Gasteiger partial charge is 0.390 e. The van der Waals surface area contributed by atoms with Gasteiger partial charge in [0, 0.05) is 50.2 Å². The van der Waals surface area contributed by atoms with Crippen LogP contribution >= 0.6 is 0 Å². The van der Waals surface area contributed by atoms with E-state index < -0.39 is 0 Å². The van der Waals surface area contributed by atoms with Gasteiger partial charge in [0.25, 0.3) is 0 Å². The molecule has 158 valence electrons. The Labute approximate surface area is 175 Å². The summed E-state index contributed by atoms with van der Waals surface area (Å²) < 4.78 is 7.18. The average Bonchev–Trinajstić information content (AvgIpc) is 3.22. The Morgan fingerprint density at radius 3 is 2.87 bits per heavy atom. The predicted molar refractivity (Wildman–Crippen MR) is 115 cm³/mol. The quantitative estimate of drug-likeness (QED) is 0.656. The maximum atomic E-state index is 9.51. The van der Waals surface area contributed by atoms with E-state index in [1.54, 1.807) is 10.7 Å². The topological polar surface area (TPSA) is 91.1 Å². The van der Waals surface area contributed by atoms with Crippen LogP contribution in [-0.2, 0) is 11.3 Å². The van der Waals surface area contributed by atoms with Crippen LogP contribution in [0.2, 0.25) is 0 Å². The molecule has 0 spiro atoms. The molecule has 0 radical (unpaired) electrons. The standard InChI is InChI=1S/C21H27N7O2/c29-15-18-13-23-20-3-4-21(25-28(18)20)27-7-1-2-16(14-27)24-19-12-17(5-6-22-19)26-8-10-30-11-9-26/h3-6,12-13,16,29H,1-2,7-11,14-15H2,(H,22,24)/t16-/m1/s1. The highest BCUT2D eigenvalue weighted by molar-refractivity contribution is 5.55. The van der Waals surface area contributed by atoms with E-state index in [1.165, 1.54) is 5.69 Å². The number of piperidine rings is 1. The van der Waals surface area contributed by atoms with Crippen LogP contribution in [0.1, 0.15) is 18.5 Å². The molecular weight excluding hydrogens is 382 g/mol. The third-order valence-electron chi connectivity index (χ3n) is 5.80. The highest BCUT2D eigenvalue weighted by Gasteiger charge is 2.22. The van der Waals surface area contributed by atoms with Crippen molar-refractivity contribution in [3.63, 3.8) is 0 Å². The summed E-state index contributed by atoms with van der Waals surface area (Å²) in [5, 5.41) is 17.8. The van der Waals surface area contributed by atoms with Crippen LogP contribution in [0.25, 0.3) is 5.65 Å². The van der Waals surface area contributed by atoms with Crippen LogP contribution in [0, 0.1) is 0 Å². The van der Waals surface area contributed by atoms with Gasteiger partial charge in [-0.25, -0.2) is 14.5 Å². The Morgan fingerprint density at radius 1 is 1.10 bits per heavy atom. The predicted octanol–water partition coefficient (Wildman–Crippen LogP) is 1.53. The lowest BCUT2D eigenvalue weighted by atomic mass is 10.1. The molecule has 9 nitrogen and oxygen atoms in total. The molecule has 3 aromatic heterocycles. The van der Waals surface area contributed by atoms with Crippen molar-refractivity contribution in [2.24, 2.45) is 0 Å². The Morgan fingerprint density at radius 2 is 2.00 bits per heavy atom. The third kappa shape index (κ3) is 3.90. The molecule has 5 heterocycles. The van der Waals surface area contributed by atoms with Crippen molar-refractivity contribution in [2.75, 3.05) is 54.5 Å². The molecule has 0 saturated carbocycles. The van der Waals surface area contributed by atoms with Gasteiger partial charge in [-0.1, -0.05) is 0 Å². The minimum absolute atomic E-state index is 0.0764. The van der Waals surface area contributed by atoms with Gasteiger partial charge in [0.05, 0.1) is 31.7 Å². The number of hydrogen-bond acceptors (Lipinski definition) is 8. The monoisotopic (exact) mass is 409 g/mol. The number of anilines is 3. The summed E-state index contributed by atoms with van der Waals surface area (Å²) >= 11 is 0. The molecule has 30 heavy (non-hydrogen) atoms. The zero-order valence-corrected chi connectivity index (χ0v) is 16.9. The first-order valence-corrected chi connectivity index (χ1v) is 10.5. The van der Waals surface area contributed by atoms with E-state index >= 15 is 0 Å². The van der Waals surface area contributed by atoms with Gasteiger partial charge in [0.1, 0.15) is 11.6 Å². The Bertz CT molecular complexity index is 1000. The summed E-state index contributed by atoms with van der Waals surface area (Å²) in [5.41, 5.74) is 2.63.